The molecule has 2 bridgehead atoms. The van der Waals surface area contributed by atoms with Crippen LogP contribution in [-0.4, -0.2) is 61.8 Å². The zero-order chi connectivity index (χ0) is 20.8. The molecule has 1 aromatic rings. The highest BCUT2D eigenvalue weighted by molar-refractivity contribution is 5.75. The number of morpholine rings is 1. The van der Waals surface area contributed by atoms with Crippen LogP contribution >= 0.6 is 0 Å². The lowest BCUT2D eigenvalue weighted by atomic mass is 9.73. The van der Waals surface area contributed by atoms with Crippen molar-refractivity contribution in [1.82, 2.24) is 15.1 Å². The molecule has 2 aliphatic heterocycles. The van der Waals surface area contributed by atoms with Crippen LogP contribution in [0.25, 0.3) is 0 Å². The summed E-state index contributed by atoms with van der Waals surface area (Å²) in [7, 11) is 0. The van der Waals surface area contributed by atoms with E-state index in [2.05, 4.69) is 46.6 Å². The monoisotopic (exact) mass is 423 g/mol. The number of urea groups is 1. The maximum atomic E-state index is 12.9. The molecule has 5 aliphatic rings. The number of amides is 2. The summed E-state index contributed by atoms with van der Waals surface area (Å²) in [5.41, 5.74) is 3.06. The first kappa shape index (κ1) is 19.8. The lowest BCUT2D eigenvalue weighted by Gasteiger charge is -2.41. The molecule has 2 heterocycles. The summed E-state index contributed by atoms with van der Waals surface area (Å²) >= 11 is 0. The van der Waals surface area contributed by atoms with E-state index in [1.807, 2.05) is 4.90 Å². The van der Waals surface area contributed by atoms with Gasteiger partial charge in [0.2, 0.25) is 0 Å². The van der Waals surface area contributed by atoms with Crippen LogP contribution in [-0.2, 0) is 10.2 Å². The molecular weight excluding hydrogens is 386 g/mol. The number of hydrogen-bond acceptors (Lipinski definition) is 3. The number of benzene rings is 1. The van der Waals surface area contributed by atoms with Crippen molar-refractivity contribution in [3.05, 3.63) is 47.5 Å². The Morgan fingerprint density at radius 3 is 2.65 bits per heavy atom. The van der Waals surface area contributed by atoms with Crippen molar-refractivity contribution in [1.29, 1.82) is 0 Å². The summed E-state index contributed by atoms with van der Waals surface area (Å²) in [5, 5.41) is 3.37. The van der Waals surface area contributed by atoms with Gasteiger partial charge in [0.25, 0.3) is 0 Å². The smallest absolute Gasteiger partial charge is 0.318 e. The van der Waals surface area contributed by atoms with Crippen LogP contribution in [0.15, 0.2) is 36.4 Å². The van der Waals surface area contributed by atoms with Crippen LogP contribution < -0.4 is 5.32 Å². The maximum Gasteiger partial charge on any atom is 0.318 e. The number of carbonyl (C=O) groups is 1. The van der Waals surface area contributed by atoms with Crippen LogP contribution in [0.1, 0.15) is 50.7 Å². The molecule has 31 heavy (non-hydrogen) atoms. The normalized spacial score (nSPS) is 33.7. The Kier molecular flexibility index (Phi) is 5.07. The van der Waals surface area contributed by atoms with Crippen LogP contribution in [0.3, 0.4) is 0 Å². The molecular formula is C26H37N3O2. The van der Waals surface area contributed by atoms with Crippen molar-refractivity contribution < 1.29 is 11.0 Å². The number of likely N-dealkylation sites (tertiary alicyclic amines) is 1. The number of carbonyl (C=O) groups excluding carboxylic acids is 1. The Morgan fingerprint density at radius 2 is 1.90 bits per heavy atom. The molecule has 4 atom stereocenters. The Labute approximate surface area is 187 Å². The third kappa shape index (κ3) is 3.60. The van der Waals surface area contributed by atoms with Gasteiger partial charge < -0.3 is 19.9 Å². The quantitative estimate of drug-likeness (QED) is 0.749. The summed E-state index contributed by atoms with van der Waals surface area (Å²) < 4.78 is 5.41. The predicted octanol–water partition coefficient (Wildman–Crippen LogP) is 3.97. The second-order valence-electron chi connectivity index (χ2n) is 10.5. The fraction of sp³-hybridized carbons (Fsp3) is 0.654. The number of rotatable bonds is 3. The number of nitrogens with zero attached hydrogens (tertiary/aromatic N) is 2. The fourth-order valence-corrected chi connectivity index (χ4v) is 7.10. The van der Waals surface area contributed by atoms with E-state index in [0.717, 1.165) is 24.2 Å². The summed E-state index contributed by atoms with van der Waals surface area (Å²) in [6, 6.07) is 9.08. The fourth-order valence-electron chi connectivity index (χ4n) is 7.10. The first-order valence-corrected chi connectivity index (χ1v) is 12.3. The van der Waals surface area contributed by atoms with E-state index in [4.69, 9.17) is 4.74 Å². The van der Waals surface area contributed by atoms with E-state index < -0.39 is 0 Å². The molecule has 3 aliphatic carbocycles. The summed E-state index contributed by atoms with van der Waals surface area (Å²) in [4.78, 5) is 17.5. The summed E-state index contributed by atoms with van der Waals surface area (Å²) in [5.74, 6) is 2.58. The van der Waals surface area contributed by atoms with Gasteiger partial charge in [-0.15, -0.1) is 0 Å². The Hall–Kier alpha value is -1.85. The average molecular weight is 424 g/mol. The highest BCUT2D eigenvalue weighted by atomic mass is 16.5. The van der Waals surface area contributed by atoms with Gasteiger partial charge in [-0.2, -0.15) is 0 Å². The maximum absolute atomic E-state index is 12.9. The molecule has 6 rings (SSSR count). The number of fused-ring (bicyclic) bond motifs is 4. The first-order chi connectivity index (χ1) is 15.2. The minimum absolute atomic E-state index is 0. The number of hydrogen-bond donors (Lipinski definition) is 1. The minimum atomic E-state index is 0. The molecule has 2 amide bonds. The van der Waals surface area contributed by atoms with Crippen LogP contribution in [0.4, 0.5) is 4.79 Å². The lowest BCUT2D eigenvalue weighted by molar-refractivity contribution is 0.0521. The Balaban J connectivity index is 0.00000216. The van der Waals surface area contributed by atoms with Gasteiger partial charge in [-0.3, -0.25) is 0 Å². The molecule has 1 N–H and O–H groups in total. The SMILES string of the molecule is O=C(NC1CC2(CCN(CC3CC4C=CC3C4)CC2)c2ccccc21)N1CCOCC1.[HH]. The van der Waals surface area contributed by atoms with Gasteiger partial charge in [-0.25, -0.2) is 4.79 Å². The first-order valence-electron chi connectivity index (χ1n) is 12.3. The topological polar surface area (TPSA) is 44.8 Å². The molecule has 5 nitrogen and oxygen atoms in total. The molecule has 0 aromatic heterocycles. The van der Waals surface area contributed by atoms with E-state index in [9.17, 15) is 4.79 Å². The molecule has 1 saturated carbocycles. The van der Waals surface area contributed by atoms with Gasteiger partial charge in [-0.05, 0) is 74.1 Å². The van der Waals surface area contributed by atoms with Gasteiger partial charge in [0.1, 0.15) is 0 Å². The Morgan fingerprint density at radius 1 is 1.10 bits per heavy atom. The molecule has 2 saturated heterocycles. The third-order valence-electron chi connectivity index (χ3n) is 8.82. The van der Waals surface area contributed by atoms with Crippen LogP contribution in [0.2, 0.25) is 0 Å². The number of nitrogens with one attached hydrogen (secondary N) is 1. The van der Waals surface area contributed by atoms with Gasteiger partial charge in [0.15, 0.2) is 0 Å². The van der Waals surface area contributed by atoms with E-state index in [0.29, 0.717) is 26.3 Å². The molecule has 3 fully saturated rings. The highest BCUT2D eigenvalue weighted by Gasteiger charge is 2.46. The summed E-state index contributed by atoms with van der Waals surface area (Å²) in [6.45, 7) is 6.34. The van der Waals surface area contributed by atoms with Crippen LogP contribution in [0, 0.1) is 17.8 Å². The van der Waals surface area contributed by atoms with Crippen molar-refractivity contribution in [3.8, 4) is 0 Å². The highest BCUT2D eigenvalue weighted by Crippen LogP contribution is 2.51. The van der Waals surface area contributed by atoms with Gasteiger partial charge in [0, 0.05) is 26.5 Å². The second-order valence-corrected chi connectivity index (χ2v) is 10.5. The second kappa shape index (κ2) is 7.93. The number of ether oxygens (including phenoxy) is 1. The van der Waals surface area contributed by atoms with E-state index in [-0.39, 0.29) is 18.9 Å². The van der Waals surface area contributed by atoms with Crippen molar-refractivity contribution in [3.63, 3.8) is 0 Å². The van der Waals surface area contributed by atoms with Gasteiger partial charge >= 0.3 is 6.03 Å². The van der Waals surface area contributed by atoms with Gasteiger partial charge in [0.05, 0.1) is 19.3 Å². The molecule has 1 aromatic carbocycles. The van der Waals surface area contributed by atoms with Crippen molar-refractivity contribution in [2.45, 2.75) is 43.6 Å². The van der Waals surface area contributed by atoms with E-state index in [1.165, 1.54) is 56.4 Å². The Bertz CT molecular complexity index is 860. The molecule has 5 heteroatoms. The molecule has 4 unspecified atom stereocenters. The van der Waals surface area contributed by atoms with E-state index >= 15 is 0 Å². The number of allylic oxidation sites excluding steroid dienone is 2. The third-order valence-corrected chi connectivity index (χ3v) is 8.82. The lowest BCUT2D eigenvalue weighted by Crippen LogP contribution is -2.47. The van der Waals surface area contributed by atoms with Crippen molar-refractivity contribution >= 4 is 6.03 Å². The largest absolute Gasteiger partial charge is 0.378 e. The average Bonchev–Trinajstić information content (AvgIpc) is 3.51. The molecule has 168 valence electrons. The van der Waals surface area contributed by atoms with Crippen molar-refractivity contribution in [2.24, 2.45) is 17.8 Å². The van der Waals surface area contributed by atoms with Crippen LogP contribution in [0.5, 0.6) is 0 Å². The van der Waals surface area contributed by atoms with E-state index in [1.54, 1.807) is 0 Å². The summed E-state index contributed by atoms with van der Waals surface area (Å²) in [6.07, 6.45) is 11.2. The number of piperidine rings is 1. The van der Waals surface area contributed by atoms with Gasteiger partial charge in [-0.1, -0.05) is 36.4 Å². The molecule has 0 radical (unpaired) electrons. The minimum Gasteiger partial charge on any atom is -0.378 e. The zero-order valence-corrected chi connectivity index (χ0v) is 18.5. The van der Waals surface area contributed by atoms with Crippen molar-refractivity contribution in [2.75, 3.05) is 45.9 Å². The molecule has 1 spiro atoms. The standard InChI is InChI=1S/C26H35N3O2.H2/c30-25(29-11-13-31-14-12-29)27-24-17-26(23-4-2-1-3-22(23)24)7-9-28(10-8-26)18-21-16-19-5-6-20(21)15-19;/h1-6,19-21,24H,7-18H2,(H,27,30);1H. The zero-order valence-electron chi connectivity index (χ0n) is 18.5. The predicted molar refractivity (Wildman–Crippen MR) is 123 cm³/mol.